The van der Waals surface area contributed by atoms with Gasteiger partial charge in [0.2, 0.25) is 0 Å². The highest BCUT2D eigenvalue weighted by Crippen LogP contribution is 2.31. The van der Waals surface area contributed by atoms with E-state index in [0.717, 1.165) is 12.1 Å². The molecule has 2 heterocycles. The van der Waals surface area contributed by atoms with E-state index in [-0.39, 0.29) is 11.1 Å². The highest BCUT2D eigenvalue weighted by molar-refractivity contribution is 7.14. The molecule has 96 valence electrons. The third-order valence-corrected chi connectivity index (χ3v) is 3.49. The Balaban J connectivity index is 2.13. The first-order valence-electron chi connectivity index (χ1n) is 5.44. The van der Waals surface area contributed by atoms with Crippen LogP contribution in [0.5, 0.6) is 0 Å². The van der Waals surface area contributed by atoms with Crippen LogP contribution in [0.3, 0.4) is 0 Å². The number of nitrogens with zero attached hydrogens (tertiary/aromatic N) is 3. The fourth-order valence-electron chi connectivity index (χ4n) is 1.74. The molecule has 0 atom stereocenters. The van der Waals surface area contributed by atoms with Gasteiger partial charge in [0, 0.05) is 17.3 Å². The highest BCUT2D eigenvalue weighted by atomic mass is 32.1. The van der Waals surface area contributed by atoms with Crippen molar-refractivity contribution in [3.8, 4) is 21.7 Å². The van der Waals surface area contributed by atoms with Crippen molar-refractivity contribution in [2.45, 2.75) is 6.92 Å². The molecule has 0 aliphatic rings. The first kappa shape index (κ1) is 11.9. The topological polar surface area (TPSA) is 54.5 Å². The van der Waals surface area contributed by atoms with Gasteiger partial charge in [-0.15, -0.1) is 10.2 Å². The SMILES string of the molecule is Cc1nnc(-c2cc(F)c(-c3cn[nH]c3)cc2F)s1. The molecule has 3 aromatic rings. The van der Waals surface area contributed by atoms with Crippen molar-refractivity contribution in [2.24, 2.45) is 0 Å². The van der Waals surface area contributed by atoms with Crippen molar-refractivity contribution >= 4 is 11.3 Å². The van der Waals surface area contributed by atoms with Crippen LogP contribution in [0, 0.1) is 18.6 Å². The molecule has 7 heteroatoms. The first-order chi connectivity index (χ1) is 9.15. The number of aromatic nitrogens is 4. The van der Waals surface area contributed by atoms with Crippen LogP contribution in [0.15, 0.2) is 24.5 Å². The number of aromatic amines is 1. The maximum atomic E-state index is 14.1. The van der Waals surface area contributed by atoms with Crippen LogP contribution in [0.25, 0.3) is 21.7 Å². The molecule has 1 N–H and O–H groups in total. The average molecular weight is 278 g/mol. The molecule has 0 bridgehead atoms. The molecule has 0 amide bonds. The molecule has 19 heavy (non-hydrogen) atoms. The monoisotopic (exact) mass is 278 g/mol. The molecule has 4 nitrogen and oxygen atoms in total. The van der Waals surface area contributed by atoms with Crippen LogP contribution in [0.4, 0.5) is 8.78 Å². The smallest absolute Gasteiger partial charge is 0.150 e. The number of aryl methyl sites for hydroxylation is 1. The summed E-state index contributed by atoms with van der Waals surface area (Å²) in [5.41, 5.74) is 0.781. The van der Waals surface area contributed by atoms with Crippen molar-refractivity contribution < 1.29 is 8.78 Å². The van der Waals surface area contributed by atoms with Crippen molar-refractivity contribution in [3.05, 3.63) is 41.2 Å². The quantitative estimate of drug-likeness (QED) is 0.783. The first-order valence-corrected chi connectivity index (χ1v) is 6.25. The summed E-state index contributed by atoms with van der Waals surface area (Å²) in [6.45, 7) is 1.76. The molecular formula is C12H8F2N4S. The molecule has 0 aliphatic heterocycles. The fourth-order valence-corrected chi connectivity index (χ4v) is 2.45. The van der Waals surface area contributed by atoms with Crippen LogP contribution in [0.2, 0.25) is 0 Å². The van der Waals surface area contributed by atoms with Gasteiger partial charge < -0.3 is 0 Å². The zero-order chi connectivity index (χ0) is 13.4. The van der Waals surface area contributed by atoms with E-state index in [1.807, 2.05) is 0 Å². The minimum atomic E-state index is -0.534. The van der Waals surface area contributed by atoms with Crippen LogP contribution < -0.4 is 0 Å². The Kier molecular flexibility index (Phi) is 2.83. The lowest BCUT2D eigenvalue weighted by Gasteiger charge is -2.04. The number of nitrogens with one attached hydrogen (secondary N) is 1. The second kappa shape index (κ2) is 4.51. The summed E-state index contributed by atoms with van der Waals surface area (Å²) in [7, 11) is 0. The molecule has 0 fully saturated rings. The number of H-pyrrole nitrogens is 1. The number of hydrogen-bond donors (Lipinski definition) is 1. The Morgan fingerprint density at radius 3 is 2.47 bits per heavy atom. The lowest BCUT2D eigenvalue weighted by Crippen LogP contribution is -1.90. The molecule has 2 aromatic heterocycles. The normalized spacial score (nSPS) is 10.9. The molecule has 0 aliphatic carbocycles. The van der Waals surface area contributed by atoms with Gasteiger partial charge in [-0.25, -0.2) is 8.78 Å². The van der Waals surface area contributed by atoms with E-state index in [4.69, 9.17) is 0 Å². The van der Waals surface area contributed by atoms with Crippen LogP contribution in [0.1, 0.15) is 5.01 Å². The highest BCUT2D eigenvalue weighted by Gasteiger charge is 2.16. The van der Waals surface area contributed by atoms with Crippen LogP contribution in [-0.4, -0.2) is 20.4 Å². The largest absolute Gasteiger partial charge is 0.285 e. The second-order valence-corrected chi connectivity index (χ2v) is 5.11. The van der Waals surface area contributed by atoms with Crippen molar-refractivity contribution in [1.82, 2.24) is 20.4 Å². The predicted octanol–water partition coefficient (Wildman–Crippen LogP) is 3.18. The summed E-state index contributed by atoms with van der Waals surface area (Å²) in [6.07, 6.45) is 2.94. The van der Waals surface area contributed by atoms with Gasteiger partial charge in [-0.2, -0.15) is 5.10 Å². The Bertz CT molecular complexity index is 721. The number of rotatable bonds is 2. The second-order valence-electron chi connectivity index (χ2n) is 3.93. The van der Waals surface area contributed by atoms with Gasteiger partial charge >= 0.3 is 0 Å². The third-order valence-electron chi connectivity index (χ3n) is 2.62. The van der Waals surface area contributed by atoms with Crippen LogP contribution in [-0.2, 0) is 0 Å². The van der Waals surface area contributed by atoms with E-state index in [1.54, 1.807) is 6.92 Å². The molecule has 1 aromatic carbocycles. The predicted molar refractivity (Wildman–Crippen MR) is 67.6 cm³/mol. The van der Waals surface area contributed by atoms with Gasteiger partial charge in [0.05, 0.1) is 11.8 Å². The van der Waals surface area contributed by atoms with Gasteiger partial charge in [0.1, 0.15) is 16.6 Å². The van der Waals surface area contributed by atoms with Gasteiger partial charge in [-0.3, -0.25) is 5.10 Å². The van der Waals surface area contributed by atoms with E-state index < -0.39 is 11.6 Å². The van der Waals surface area contributed by atoms with Crippen molar-refractivity contribution in [3.63, 3.8) is 0 Å². The minimum Gasteiger partial charge on any atom is -0.285 e. The van der Waals surface area contributed by atoms with Crippen molar-refractivity contribution in [2.75, 3.05) is 0 Å². The van der Waals surface area contributed by atoms with Gasteiger partial charge in [0.25, 0.3) is 0 Å². The fraction of sp³-hybridized carbons (Fsp3) is 0.0833. The van der Waals surface area contributed by atoms with Gasteiger partial charge in [0.15, 0.2) is 5.01 Å². The van der Waals surface area contributed by atoms with Gasteiger partial charge in [-0.1, -0.05) is 11.3 Å². The van der Waals surface area contributed by atoms with E-state index >= 15 is 0 Å². The third kappa shape index (κ3) is 2.12. The van der Waals surface area contributed by atoms with E-state index in [2.05, 4.69) is 20.4 Å². The summed E-state index contributed by atoms with van der Waals surface area (Å²) in [5.74, 6) is -1.06. The Hall–Kier alpha value is -2.15. The number of hydrogen-bond acceptors (Lipinski definition) is 4. The summed E-state index contributed by atoms with van der Waals surface area (Å²) < 4.78 is 28.1. The molecule has 0 spiro atoms. The Morgan fingerprint density at radius 1 is 1.11 bits per heavy atom. The summed E-state index contributed by atoms with van der Waals surface area (Å²) in [6, 6.07) is 2.28. The molecule has 0 unspecified atom stereocenters. The lowest BCUT2D eigenvalue weighted by atomic mass is 10.1. The van der Waals surface area contributed by atoms with Crippen LogP contribution >= 0.6 is 11.3 Å². The Labute approximate surface area is 111 Å². The number of halogens is 2. The molecular weight excluding hydrogens is 270 g/mol. The maximum Gasteiger partial charge on any atom is 0.150 e. The molecule has 3 rings (SSSR count). The minimum absolute atomic E-state index is 0.121. The lowest BCUT2D eigenvalue weighted by molar-refractivity contribution is 0.606. The maximum absolute atomic E-state index is 14.1. The molecule has 0 radical (unpaired) electrons. The van der Waals surface area contributed by atoms with Gasteiger partial charge in [-0.05, 0) is 19.1 Å². The number of benzene rings is 1. The zero-order valence-corrected chi connectivity index (χ0v) is 10.6. The van der Waals surface area contributed by atoms with E-state index in [1.165, 1.54) is 23.7 Å². The van der Waals surface area contributed by atoms with Crippen molar-refractivity contribution in [1.29, 1.82) is 0 Å². The molecule has 0 saturated heterocycles. The summed E-state index contributed by atoms with van der Waals surface area (Å²) >= 11 is 1.22. The summed E-state index contributed by atoms with van der Waals surface area (Å²) in [4.78, 5) is 0. The Morgan fingerprint density at radius 2 is 1.84 bits per heavy atom. The average Bonchev–Trinajstić information content (AvgIpc) is 3.02. The standard InChI is InChI=1S/C12H8F2N4S/c1-6-17-18-12(19-6)9-3-10(13)8(2-11(9)14)7-4-15-16-5-7/h2-5H,1H3,(H,15,16). The molecule has 0 saturated carbocycles. The van der Waals surface area contributed by atoms with E-state index in [9.17, 15) is 8.78 Å². The van der Waals surface area contributed by atoms with E-state index in [0.29, 0.717) is 15.6 Å². The zero-order valence-electron chi connectivity index (χ0n) is 9.82. The summed E-state index contributed by atoms with van der Waals surface area (Å²) in [5, 5.41) is 15.0.